The predicted octanol–water partition coefficient (Wildman–Crippen LogP) is 2.36. The van der Waals surface area contributed by atoms with Crippen LogP contribution in [0.2, 0.25) is 0 Å². The minimum Gasteiger partial charge on any atom is -0.393 e. The first kappa shape index (κ1) is 12.5. The molecule has 15 heavy (non-hydrogen) atoms. The third-order valence-corrected chi connectivity index (χ3v) is 3.14. The van der Waals surface area contributed by atoms with E-state index in [-0.39, 0.29) is 6.10 Å². The maximum Gasteiger partial charge on any atom is 0.128 e. The van der Waals surface area contributed by atoms with Crippen molar-refractivity contribution >= 4 is 21.7 Å². The second kappa shape index (κ2) is 5.47. The lowest BCUT2D eigenvalue weighted by Gasteiger charge is -2.19. The maximum absolute atomic E-state index is 9.19. The van der Waals surface area contributed by atoms with E-state index in [1.165, 1.54) is 5.56 Å². The quantitative estimate of drug-likeness (QED) is 0.914. The molecule has 1 atom stereocenters. The van der Waals surface area contributed by atoms with Gasteiger partial charge in [-0.1, -0.05) is 0 Å². The van der Waals surface area contributed by atoms with Crippen LogP contribution in [0.5, 0.6) is 0 Å². The van der Waals surface area contributed by atoms with Crippen molar-refractivity contribution in [1.82, 2.24) is 4.98 Å². The number of aliphatic hydroxyl groups is 1. The summed E-state index contributed by atoms with van der Waals surface area (Å²) in [4.78, 5) is 6.36. The normalized spacial score (nSPS) is 12.6. The van der Waals surface area contributed by atoms with Crippen LogP contribution >= 0.6 is 15.9 Å². The standard InChI is InChI=1S/C11H17BrN2O/c1-8-6-11(13-7-10(8)12)14(3)5-4-9(2)15/h6-7,9,15H,4-5H2,1-3H3. The van der Waals surface area contributed by atoms with Crippen LogP contribution in [0.25, 0.3) is 0 Å². The molecule has 0 saturated carbocycles. The van der Waals surface area contributed by atoms with Gasteiger partial charge in [0, 0.05) is 24.3 Å². The molecule has 0 amide bonds. The van der Waals surface area contributed by atoms with E-state index >= 15 is 0 Å². The van der Waals surface area contributed by atoms with Crippen molar-refractivity contribution in [3.05, 3.63) is 22.3 Å². The van der Waals surface area contributed by atoms with Gasteiger partial charge < -0.3 is 10.0 Å². The molecule has 0 fully saturated rings. The molecular formula is C11H17BrN2O. The second-order valence-electron chi connectivity index (χ2n) is 3.85. The van der Waals surface area contributed by atoms with Gasteiger partial charge in [-0.3, -0.25) is 0 Å². The van der Waals surface area contributed by atoms with E-state index in [4.69, 9.17) is 0 Å². The summed E-state index contributed by atoms with van der Waals surface area (Å²) in [5.74, 6) is 0.941. The molecule has 0 aliphatic rings. The largest absolute Gasteiger partial charge is 0.393 e. The zero-order valence-corrected chi connectivity index (χ0v) is 11.0. The lowest BCUT2D eigenvalue weighted by Crippen LogP contribution is -2.22. The third kappa shape index (κ3) is 3.80. The van der Waals surface area contributed by atoms with Crippen LogP contribution < -0.4 is 4.90 Å². The van der Waals surface area contributed by atoms with Gasteiger partial charge in [0.05, 0.1) is 6.10 Å². The molecule has 0 aliphatic carbocycles. The zero-order valence-electron chi connectivity index (χ0n) is 9.37. The molecular weight excluding hydrogens is 256 g/mol. The molecule has 0 aliphatic heterocycles. The summed E-state index contributed by atoms with van der Waals surface area (Å²) < 4.78 is 1.02. The molecule has 1 N–H and O–H groups in total. The van der Waals surface area contributed by atoms with Gasteiger partial charge in [0.2, 0.25) is 0 Å². The highest BCUT2D eigenvalue weighted by atomic mass is 79.9. The van der Waals surface area contributed by atoms with Crippen LogP contribution in [-0.4, -0.2) is 29.8 Å². The lowest BCUT2D eigenvalue weighted by molar-refractivity contribution is 0.187. The Labute approximate surface area is 99.3 Å². The number of aromatic nitrogens is 1. The number of anilines is 1. The van der Waals surface area contributed by atoms with Crippen LogP contribution in [0, 0.1) is 6.92 Å². The van der Waals surface area contributed by atoms with Gasteiger partial charge in [-0.15, -0.1) is 0 Å². The SMILES string of the molecule is Cc1cc(N(C)CCC(C)O)ncc1Br. The van der Waals surface area contributed by atoms with E-state index in [9.17, 15) is 5.11 Å². The van der Waals surface area contributed by atoms with Crippen LogP contribution in [0.1, 0.15) is 18.9 Å². The van der Waals surface area contributed by atoms with Gasteiger partial charge >= 0.3 is 0 Å². The zero-order chi connectivity index (χ0) is 11.4. The molecule has 1 heterocycles. The lowest BCUT2D eigenvalue weighted by atomic mass is 10.2. The smallest absolute Gasteiger partial charge is 0.128 e. The number of aliphatic hydroxyl groups excluding tert-OH is 1. The molecule has 0 saturated heterocycles. The number of halogens is 1. The Bertz CT molecular complexity index is 328. The topological polar surface area (TPSA) is 36.4 Å². The number of hydrogen-bond acceptors (Lipinski definition) is 3. The first-order valence-electron chi connectivity index (χ1n) is 5.02. The molecule has 0 spiro atoms. The number of nitrogens with zero attached hydrogens (tertiary/aromatic N) is 2. The Morgan fingerprint density at radius 2 is 2.27 bits per heavy atom. The van der Waals surface area contributed by atoms with E-state index in [1.54, 1.807) is 6.92 Å². The molecule has 1 aromatic rings. The van der Waals surface area contributed by atoms with Crippen molar-refractivity contribution in [2.75, 3.05) is 18.5 Å². The number of rotatable bonds is 4. The highest BCUT2D eigenvalue weighted by Gasteiger charge is 2.05. The predicted molar refractivity (Wildman–Crippen MR) is 66.2 cm³/mol. The molecule has 0 bridgehead atoms. The first-order chi connectivity index (χ1) is 7.00. The van der Waals surface area contributed by atoms with Gasteiger partial charge in [-0.05, 0) is 47.8 Å². The van der Waals surface area contributed by atoms with Gasteiger partial charge in [0.25, 0.3) is 0 Å². The van der Waals surface area contributed by atoms with Gasteiger partial charge in [0.1, 0.15) is 5.82 Å². The van der Waals surface area contributed by atoms with Crippen molar-refractivity contribution in [3.8, 4) is 0 Å². The minimum absolute atomic E-state index is 0.260. The van der Waals surface area contributed by atoms with Crippen LogP contribution in [0.15, 0.2) is 16.7 Å². The van der Waals surface area contributed by atoms with Crippen molar-refractivity contribution in [2.45, 2.75) is 26.4 Å². The summed E-state index contributed by atoms with van der Waals surface area (Å²) >= 11 is 3.42. The maximum atomic E-state index is 9.19. The third-order valence-electron chi connectivity index (χ3n) is 2.31. The van der Waals surface area contributed by atoms with Crippen molar-refractivity contribution in [2.24, 2.45) is 0 Å². The Kier molecular flexibility index (Phi) is 4.54. The summed E-state index contributed by atoms with van der Waals surface area (Å²) in [7, 11) is 1.98. The van der Waals surface area contributed by atoms with Crippen molar-refractivity contribution in [1.29, 1.82) is 0 Å². The minimum atomic E-state index is -0.260. The monoisotopic (exact) mass is 272 g/mol. The van der Waals surface area contributed by atoms with Gasteiger partial charge in [-0.25, -0.2) is 4.98 Å². The van der Waals surface area contributed by atoms with Gasteiger partial charge in [-0.2, -0.15) is 0 Å². The summed E-state index contributed by atoms with van der Waals surface area (Å²) in [6, 6.07) is 2.03. The number of hydrogen-bond donors (Lipinski definition) is 1. The molecule has 1 unspecified atom stereocenters. The molecule has 4 heteroatoms. The van der Waals surface area contributed by atoms with E-state index in [1.807, 2.05) is 31.1 Å². The Balaban J connectivity index is 2.65. The first-order valence-corrected chi connectivity index (χ1v) is 5.81. The fourth-order valence-electron chi connectivity index (χ4n) is 1.23. The highest BCUT2D eigenvalue weighted by Crippen LogP contribution is 2.19. The van der Waals surface area contributed by atoms with Crippen LogP contribution in [0.4, 0.5) is 5.82 Å². The molecule has 84 valence electrons. The molecule has 3 nitrogen and oxygen atoms in total. The van der Waals surface area contributed by atoms with Crippen LogP contribution in [-0.2, 0) is 0 Å². The Morgan fingerprint density at radius 3 is 2.80 bits per heavy atom. The molecule has 1 rings (SSSR count). The van der Waals surface area contributed by atoms with Gasteiger partial charge in [0.15, 0.2) is 0 Å². The summed E-state index contributed by atoms with van der Waals surface area (Å²) in [6.45, 7) is 4.65. The summed E-state index contributed by atoms with van der Waals surface area (Å²) in [5.41, 5.74) is 1.17. The van der Waals surface area contributed by atoms with Crippen molar-refractivity contribution in [3.63, 3.8) is 0 Å². The molecule has 0 aromatic carbocycles. The summed E-state index contributed by atoms with van der Waals surface area (Å²) in [6.07, 6.45) is 2.31. The molecule has 1 aromatic heterocycles. The second-order valence-corrected chi connectivity index (χ2v) is 4.71. The van der Waals surface area contributed by atoms with Crippen molar-refractivity contribution < 1.29 is 5.11 Å². The average molecular weight is 273 g/mol. The van der Waals surface area contributed by atoms with E-state index in [0.717, 1.165) is 23.3 Å². The van der Waals surface area contributed by atoms with E-state index in [0.29, 0.717) is 0 Å². The fourth-order valence-corrected chi connectivity index (χ4v) is 1.45. The summed E-state index contributed by atoms with van der Waals surface area (Å²) in [5, 5.41) is 9.19. The number of pyridine rings is 1. The van der Waals surface area contributed by atoms with E-state index < -0.39 is 0 Å². The highest BCUT2D eigenvalue weighted by molar-refractivity contribution is 9.10. The number of aryl methyl sites for hydroxylation is 1. The fraction of sp³-hybridized carbons (Fsp3) is 0.545. The average Bonchev–Trinajstić information content (AvgIpc) is 2.18. The molecule has 0 radical (unpaired) electrons. The van der Waals surface area contributed by atoms with Crippen LogP contribution in [0.3, 0.4) is 0 Å². The Hall–Kier alpha value is -0.610. The Morgan fingerprint density at radius 1 is 1.60 bits per heavy atom. The van der Waals surface area contributed by atoms with E-state index in [2.05, 4.69) is 20.9 Å².